The number of hydrogen-bond donors (Lipinski definition) is 0. The summed E-state index contributed by atoms with van der Waals surface area (Å²) < 4.78 is 6.56. The van der Waals surface area contributed by atoms with Crippen LogP contribution in [0.3, 0.4) is 0 Å². The molecule has 1 heterocycles. The van der Waals surface area contributed by atoms with Crippen molar-refractivity contribution in [3.63, 3.8) is 0 Å². The summed E-state index contributed by atoms with van der Waals surface area (Å²) >= 11 is 0. The Hall–Kier alpha value is -9.18. The molecule has 3 aliphatic carbocycles. The molecule has 0 saturated carbocycles. The first-order valence-electron chi connectivity index (χ1n) is 25.4. The van der Waals surface area contributed by atoms with Crippen molar-refractivity contribution >= 4 is 56.1 Å². The van der Waals surface area contributed by atoms with E-state index in [1.54, 1.807) is 0 Å². The summed E-state index contributed by atoms with van der Waals surface area (Å²) in [5, 5.41) is 2.33. The molecule has 0 bridgehead atoms. The van der Waals surface area contributed by atoms with E-state index in [2.05, 4.69) is 278 Å². The summed E-state index contributed by atoms with van der Waals surface area (Å²) in [7, 11) is 0. The van der Waals surface area contributed by atoms with Crippen molar-refractivity contribution in [1.82, 2.24) is 0 Å². The highest BCUT2D eigenvalue weighted by atomic mass is 16.3. The monoisotopic (exact) mass is 932 g/mol. The lowest BCUT2D eigenvalue weighted by molar-refractivity contribution is 0.660. The van der Waals surface area contributed by atoms with Crippen LogP contribution in [0.4, 0.5) is 34.1 Å². The fraction of sp³-hybridized carbons (Fsp3) is 0.0571. The molecule has 3 nitrogen and oxygen atoms in total. The number of fused-ring (bicyclic) bond motifs is 17. The second-order valence-electron chi connectivity index (χ2n) is 20.4. The van der Waals surface area contributed by atoms with Gasteiger partial charge in [0.2, 0.25) is 0 Å². The van der Waals surface area contributed by atoms with Gasteiger partial charge in [0.1, 0.15) is 11.2 Å². The summed E-state index contributed by atoms with van der Waals surface area (Å²) in [6, 6.07) is 93.8. The number of para-hydroxylation sites is 3. The van der Waals surface area contributed by atoms with Crippen LogP contribution in [0, 0.1) is 0 Å². The second-order valence-corrected chi connectivity index (χ2v) is 20.4. The van der Waals surface area contributed by atoms with E-state index in [1.807, 2.05) is 0 Å². The van der Waals surface area contributed by atoms with E-state index < -0.39 is 5.41 Å². The predicted molar refractivity (Wildman–Crippen MR) is 302 cm³/mol. The van der Waals surface area contributed by atoms with Gasteiger partial charge in [-0.15, -0.1) is 0 Å². The highest BCUT2D eigenvalue weighted by Crippen LogP contribution is 2.65. The van der Waals surface area contributed by atoms with Crippen molar-refractivity contribution in [3.8, 4) is 44.5 Å². The van der Waals surface area contributed by atoms with E-state index in [9.17, 15) is 0 Å². The first kappa shape index (κ1) is 41.6. The van der Waals surface area contributed by atoms with E-state index in [-0.39, 0.29) is 5.41 Å². The van der Waals surface area contributed by atoms with Gasteiger partial charge in [-0.1, -0.05) is 184 Å². The predicted octanol–water partition coefficient (Wildman–Crippen LogP) is 18.8. The fourth-order valence-electron chi connectivity index (χ4n) is 13.0. The Morgan fingerprint density at radius 1 is 0.301 bits per heavy atom. The number of anilines is 6. The minimum absolute atomic E-state index is 0.290. The Balaban J connectivity index is 0.872. The third kappa shape index (κ3) is 5.94. The highest BCUT2D eigenvalue weighted by molar-refractivity contribution is 6.16. The van der Waals surface area contributed by atoms with Crippen molar-refractivity contribution in [1.29, 1.82) is 0 Å². The van der Waals surface area contributed by atoms with Crippen molar-refractivity contribution < 1.29 is 4.42 Å². The van der Waals surface area contributed by atoms with Crippen molar-refractivity contribution in [3.05, 3.63) is 288 Å². The number of hydrogen-bond acceptors (Lipinski definition) is 3. The molecule has 0 radical (unpaired) electrons. The largest absolute Gasteiger partial charge is 0.456 e. The molecule has 1 atom stereocenters. The molecule has 1 unspecified atom stereocenters. The summed E-state index contributed by atoms with van der Waals surface area (Å²) in [5.41, 5.74) is 25.6. The molecule has 0 fully saturated rings. The van der Waals surface area contributed by atoms with Gasteiger partial charge in [-0.3, -0.25) is 0 Å². The third-order valence-electron chi connectivity index (χ3n) is 16.3. The van der Waals surface area contributed by atoms with Gasteiger partial charge < -0.3 is 14.2 Å². The number of nitrogens with zero attached hydrogens (tertiary/aromatic N) is 2. The van der Waals surface area contributed by atoms with Crippen LogP contribution in [-0.4, -0.2) is 0 Å². The van der Waals surface area contributed by atoms with Crippen molar-refractivity contribution in [2.24, 2.45) is 0 Å². The highest BCUT2D eigenvalue weighted by Gasteiger charge is 2.52. The van der Waals surface area contributed by atoms with E-state index in [1.165, 1.54) is 83.3 Å². The molecule has 12 aromatic rings. The average Bonchev–Trinajstić information content (AvgIpc) is 4.25. The zero-order valence-electron chi connectivity index (χ0n) is 40.6. The van der Waals surface area contributed by atoms with Crippen LogP contribution in [0.2, 0.25) is 0 Å². The molecule has 0 N–H and O–H groups in total. The minimum Gasteiger partial charge on any atom is -0.456 e. The zero-order chi connectivity index (χ0) is 48.4. The second kappa shape index (κ2) is 15.7. The van der Waals surface area contributed by atoms with Gasteiger partial charge in [0.25, 0.3) is 0 Å². The van der Waals surface area contributed by atoms with Gasteiger partial charge in [0, 0.05) is 50.3 Å². The lowest BCUT2D eigenvalue weighted by Crippen LogP contribution is -2.26. The maximum Gasteiger partial charge on any atom is 0.136 e. The molecule has 1 spiro atoms. The molecule has 3 heteroatoms. The molecule has 0 saturated heterocycles. The Labute approximate surface area is 425 Å². The molecule has 11 aromatic carbocycles. The lowest BCUT2D eigenvalue weighted by atomic mass is 9.70. The first-order valence-corrected chi connectivity index (χ1v) is 25.4. The van der Waals surface area contributed by atoms with Crippen LogP contribution in [-0.2, 0) is 10.8 Å². The number of rotatable bonds is 7. The first-order chi connectivity index (χ1) is 36.0. The molecule has 344 valence electrons. The Kier molecular flexibility index (Phi) is 8.92. The van der Waals surface area contributed by atoms with E-state index in [0.29, 0.717) is 0 Å². The van der Waals surface area contributed by atoms with E-state index in [0.717, 1.165) is 50.7 Å². The molecular formula is C70H48N2O. The third-order valence-corrected chi connectivity index (χ3v) is 16.3. The Morgan fingerprint density at radius 2 is 0.740 bits per heavy atom. The summed E-state index contributed by atoms with van der Waals surface area (Å²) in [6.07, 6.45) is 0. The molecular weight excluding hydrogens is 885 g/mol. The smallest absolute Gasteiger partial charge is 0.136 e. The molecule has 15 rings (SSSR count). The van der Waals surface area contributed by atoms with Crippen LogP contribution in [0.25, 0.3) is 66.4 Å². The molecule has 0 amide bonds. The van der Waals surface area contributed by atoms with E-state index in [4.69, 9.17) is 4.42 Å². The van der Waals surface area contributed by atoms with E-state index >= 15 is 0 Å². The van der Waals surface area contributed by atoms with Crippen LogP contribution >= 0.6 is 0 Å². The summed E-state index contributed by atoms with van der Waals surface area (Å²) in [6.45, 7) is 4.79. The molecule has 1 aromatic heterocycles. The lowest BCUT2D eigenvalue weighted by Gasteiger charge is -2.32. The van der Waals surface area contributed by atoms with Crippen LogP contribution < -0.4 is 9.80 Å². The Morgan fingerprint density at radius 3 is 1.37 bits per heavy atom. The van der Waals surface area contributed by atoms with Crippen LogP contribution in [0.1, 0.15) is 47.2 Å². The van der Waals surface area contributed by atoms with Gasteiger partial charge in [-0.05, 0) is 163 Å². The SMILES string of the molecule is CC1(C)c2cc(N(c3ccccc3)c3ccc(-c4ccccc4)cc3)ccc2-c2ccc(N(c3ccccc3)c3ccc4c(c3)C3(c5ccccc5-4)c4ccccc4-c4c3ccc3oc5ccccc5c43)cc21. The number of benzene rings is 11. The maximum absolute atomic E-state index is 6.56. The summed E-state index contributed by atoms with van der Waals surface area (Å²) in [4.78, 5) is 4.85. The molecule has 73 heavy (non-hydrogen) atoms. The van der Waals surface area contributed by atoms with Crippen LogP contribution in [0.15, 0.2) is 259 Å². The molecule has 3 aliphatic rings. The quantitative estimate of drug-likeness (QED) is 0.159. The zero-order valence-corrected chi connectivity index (χ0v) is 40.6. The van der Waals surface area contributed by atoms with Gasteiger partial charge in [-0.25, -0.2) is 0 Å². The van der Waals surface area contributed by atoms with Gasteiger partial charge in [0.15, 0.2) is 0 Å². The van der Waals surface area contributed by atoms with Crippen molar-refractivity contribution in [2.75, 3.05) is 9.80 Å². The van der Waals surface area contributed by atoms with Gasteiger partial charge >= 0.3 is 0 Å². The van der Waals surface area contributed by atoms with Gasteiger partial charge in [0.05, 0.1) is 5.41 Å². The Bertz CT molecular complexity index is 4170. The standard InChI is InChI=1S/C70H48N2O/c1-69(2)62-42-50(71(47-20-8-4-9-21-47)49-32-30-46(31-33-49)45-18-6-3-7-19-45)34-37-54(62)55-38-35-51(43-63(55)69)72(48-22-10-5-11-23-48)52-36-39-56-53-24-12-15-27-59(53)70(64(56)44-52)60-28-16-13-25-57(60)67-61(70)40-41-66-68(67)58-26-14-17-29-65(58)73-66/h3-44H,1-2H3. The average molecular weight is 933 g/mol. The number of furan rings is 1. The fourth-order valence-corrected chi connectivity index (χ4v) is 13.0. The normalized spacial score (nSPS) is 15.2. The minimum atomic E-state index is -0.542. The topological polar surface area (TPSA) is 19.6 Å². The van der Waals surface area contributed by atoms with Gasteiger partial charge in [-0.2, -0.15) is 0 Å². The molecule has 0 aliphatic heterocycles. The maximum atomic E-state index is 6.56. The summed E-state index contributed by atoms with van der Waals surface area (Å²) in [5.74, 6) is 0. The van der Waals surface area contributed by atoms with Crippen LogP contribution in [0.5, 0.6) is 0 Å². The van der Waals surface area contributed by atoms with Crippen molar-refractivity contribution in [2.45, 2.75) is 24.7 Å².